The van der Waals surface area contributed by atoms with Crippen LogP contribution in [0.25, 0.3) is 55.1 Å². The second-order valence-corrected chi connectivity index (χ2v) is 9.34. The minimum absolute atomic E-state index is 0.932. The van der Waals surface area contributed by atoms with Gasteiger partial charge in [0.15, 0.2) is 0 Å². The number of allylic oxidation sites excluding steroid dienone is 4. The lowest BCUT2D eigenvalue weighted by atomic mass is 9.94. The molecule has 0 N–H and O–H groups in total. The molecule has 0 unspecified atom stereocenters. The van der Waals surface area contributed by atoms with Crippen molar-refractivity contribution in [3.63, 3.8) is 0 Å². The van der Waals surface area contributed by atoms with Crippen molar-refractivity contribution in [2.45, 2.75) is 38.5 Å². The number of hydrogen-bond donors (Lipinski definition) is 0. The highest BCUT2D eigenvalue weighted by molar-refractivity contribution is 6.12. The fraction of sp³-hybridized carbons (Fsp3) is 0.194. The van der Waals surface area contributed by atoms with Crippen LogP contribution in [-0.2, 0) is 0 Å². The van der Waals surface area contributed by atoms with E-state index in [1.807, 2.05) is 12.3 Å². The Morgan fingerprint density at radius 1 is 0.697 bits per heavy atom. The molecule has 33 heavy (non-hydrogen) atoms. The number of benzene rings is 3. The molecule has 0 radical (unpaired) electrons. The van der Waals surface area contributed by atoms with Crippen LogP contribution in [0.15, 0.2) is 83.4 Å². The first kappa shape index (κ1) is 18.9. The van der Waals surface area contributed by atoms with Crippen molar-refractivity contribution in [1.29, 1.82) is 0 Å². The molecule has 5 aromatic rings. The van der Waals surface area contributed by atoms with E-state index in [2.05, 4.69) is 66.7 Å². The number of rotatable bonds is 3. The molecule has 3 aromatic carbocycles. The van der Waals surface area contributed by atoms with Crippen LogP contribution in [-0.4, -0.2) is 4.98 Å². The number of aromatic nitrogens is 1. The maximum atomic E-state index is 6.44. The third-order valence-corrected chi connectivity index (χ3v) is 7.32. The lowest BCUT2D eigenvalue weighted by molar-refractivity contribution is 0.670. The van der Waals surface area contributed by atoms with Crippen molar-refractivity contribution in [3.05, 3.63) is 90.1 Å². The Kier molecular flexibility index (Phi) is 4.26. The minimum Gasteiger partial charge on any atom is -0.455 e. The van der Waals surface area contributed by atoms with E-state index in [9.17, 15) is 0 Å². The average Bonchev–Trinajstić information content (AvgIpc) is 3.64. The maximum Gasteiger partial charge on any atom is 0.144 e. The lowest BCUT2D eigenvalue weighted by Gasteiger charge is -2.11. The van der Waals surface area contributed by atoms with E-state index in [4.69, 9.17) is 9.40 Å². The molecule has 160 valence electrons. The fourth-order valence-corrected chi connectivity index (χ4v) is 5.65. The molecule has 0 bridgehead atoms. The minimum atomic E-state index is 0.932. The molecule has 2 heterocycles. The zero-order valence-corrected chi connectivity index (χ0v) is 18.6. The first-order valence-electron chi connectivity index (χ1n) is 12.1. The van der Waals surface area contributed by atoms with Crippen LogP contribution in [0.3, 0.4) is 0 Å². The van der Waals surface area contributed by atoms with Crippen LogP contribution in [0, 0.1) is 0 Å². The van der Waals surface area contributed by atoms with Gasteiger partial charge in [0.1, 0.15) is 11.2 Å². The van der Waals surface area contributed by atoms with E-state index >= 15 is 0 Å². The zero-order valence-electron chi connectivity index (χ0n) is 18.6. The fourth-order valence-electron chi connectivity index (χ4n) is 5.65. The quantitative estimate of drug-likeness (QED) is 0.287. The van der Waals surface area contributed by atoms with Gasteiger partial charge in [0, 0.05) is 27.9 Å². The monoisotopic (exact) mass is 427 g/mol. The van der Waals surface area contributed by atoms with Gasteiger partial charge in [0.2, 0.25) is 0 Å². The van der Waals surface area contributed by atoms with E-state index in [0.29, 0.717) is 0 Å². The molecule has 2 heteroatoms. The van der Waals surface area contributed by atoms with Crippen LogP contribution in [0.2, 0.25) is 0 Å². The van der Waals surface area contributed by atoms with Crippen molar-refractivity contribution in [1.82, 2.24) is 4.98 Å². The van der Waals surface area contributed by atoms with Gasteiger partial charge in [-0.1, -0.05) is 42.5 Å². The molecule has 0 saturated carbocycles. The normalized spacial score (nSPS) is 16.1. The number of nitrogens with zero attached hydrogens (tertiary/aromatic N) is 1. The second kappa shape index (κ2) is 7.45. The topological polar surface area (TPSA) is 26.0 Å². The number of fused-ring (bicyclic) bond motifs is 4. The average molecular weight is 428 g/mol. The molecule has 2 nitrogen and oxygen atoms in total. The van der Waals surface area contributed by atoms with Gasteiger partial charge < -0.3 is 4.42 Å². The number of furan rings is 1. The zero-order chi connectivity index (χ0) is 21.8. The molecule has 7 rings (SSSR count). The van der Waals surface area contributed by atoms with Crippen LogP contribution < -0.4 is 0 Å². The molecule has 0 saturated heterocycles. The summed E-state index contributed by atoms with van der Waals surface area (Å²) in [6.07, 6.45) is 13.9. The van der Waals surface area contributed by atoms with Gasteiger partial charge >= 0.3 is 0 Å². The highest BCUT2D eigenvalue weighted by Crippen LogP contribution is 2.41. The predicted molar refractivity (Wildman–Crippen MR) is 138 cm³/mol. The number of para-hydroxylation sites is 1. The molecule has 2 aromatic heterocycles. The predicted octanol–water partition coefficient (Wildman–Crippen LogP) is 8.94. The number of pyridine rings is 1. The van der Waals surface area contributed by atoms with Crippen LogP contribution in [0.5, 0.6) is 0 Å². The van der Waals surface area contributed by atoms with E-state index in [-0.39, 0.29) is 0 Å². The summed E-state index contributed by atoms with van der Waals surface area (Å²) in [4.78, 5) is 4.90. The van der Waals surface area contributed by atoms with Crippen LogP contribution >= 0.6 is 0 Å². The van der Waals surface area contributed by atoms with Crippen molar-refractivity contribution in [3.8, 4) is 11.3 Å². The highest BCUT2D eigenvalue weighted by Gasteiger charge is 2.19. The van der Waals surface area contributed by atoms with E-state index < -0.39 is 0 Å². The van der Waals surface area contributed by atoms with Crippen LogP contribution in [0.4, 0.5) is 0 Å². The van der Waals surface area contributed by atoms with E-state index in [0.717, 1.165) is 28.8 Å². The SMILES string of the molecule is C1=C(c2ccc3c(-c4cc(C5=CCCC5)cc5c4oc4ccccc45)nccc3c2)CCC1. The molecular weight excluding hydrogens is 402 g/mol. The Morgan fingerprint density at radius 3 is 2.33 bits per heavy atom. The smallest absolute Gasteiger partial charge is 0.144 e. The first-order chi connectivity index (χ1) is 16.3. The summed E-state index contributed by atoms with van der Waals surface area (Å²) in [5, 5.41) is 4.77. The first-order valence-corrected chi connectivity index (χ1v) is 12.1. The van der Waals surface area contributed by atoms with Gasteiger partial charge in [-0.25, -0.2) is 0 Å². The molecular formula is C31H25NO. The van der Waals surface area contributed by atoms with Gasteiger partial charge in [-0.2, -0.15) is 0 Å². The molecule has 2 aliphatic rings. The third-order valence-electron chi connectivity index (χ3n) is 7.32. The summed E-state index contributed by atoms with van der Waals surface area (Å²) in [6.45, 7) is 0. The summed E-state index contributed by atoms with van der Waals surface area (Å²) >= 11 is 0. The number of hydrogen-bond acceptors (Lipinski definition) is 2. The Hall–Kier alpha value is -3.65. The summed E-state index contributed by atoms with van der Waals surface area (Å²) in [7, 11) is 0. The van der Waals surface area contributed by atoms with Gasteiger partial charge in [-0.3, -0.25) is 4.98 Å². The molecule has 2 aliphatic carbocycles. The molecule has 0 spiro atoms. The molecule has 0 amide bonds. The maximum absolute atomic E-state index is 6.44. The summed E-state index contributed by atoms with van der Waals surface area (Å²) in [5.41, 5.74) is 9.52. The summed E-state index contributed by atoms with van der Waals surface area (Å²) < 4.78 is 6.44. The van der Waals surface area contributed by atoms with Gasteiger partial charge in [0.25, 0.3) is 0 Å². The molecule has 0 atom stereocenters. The van der Waals surface area contributed by atoms with Gasteiger partial charge in [-0.05, 0) is 96.5 Å². The summed E-state index contributed by atoms with van der Waals surface area (Å²) in [5.74, 6) is 0. The molecule has 0 fully saturated rings. The Balaban J connectivity index is 1.50. The van der Waals surface area contributed by atoms with Gasteiger partial charge in [0.05, 0.1) is 5.69 Å². The van der Waals surface area contributed by atoms with Crippen molar-refractivity contribution in [2.75, 3.05) is 0 Å². The lowest BCUT2D eigenvalue weighted by Crippen LogP contribution is -1.91. The highest BCUT2D eigenvalue weighted by atomic mass is 16.3. The molecule has 0 aliphatic heterocycles. The third kappa shape index (κ3) is 3.05. The summed E-state index contributed by atoms with van der Waals surface area (Å²) in [6, 6.07) is 22.0. The van der Waals surface area contributed by atoms with Crippen molar-refractivity contribution >= 4 is 43.9 Å². The van der Waals surface area contributed by atoms with E-state index in [1.54, 1.807) is 0 Å². The van der Waals surface area contributed by atoms with Crippen molar-refractivity contribution < 1.29 is 4.42 Å². The second-order valence-electron chi connectivity index (χ2n) is 9.34. The van der Waals surface area contributed by atoms with Crippen LogP contribution in [0.1, 0.15) is 49.7 Å². The standard InChI is InChI=1S/C31H25NO/c1-2-8-20(7-1)22-13-14-25-23(17-22)15-16-32-30(25)28-19-24(21-9-3-4-10-21)18-27-26-11-5-6-12-29(26)33-31(27)28/h5-7,9,11-19H,1-4,8,10H2. The Morgan fingerprint density at radius 2 is 1.52 bits per heavy atom. The van der Waals surface area contributed by atoms with Crippen molar-refractivity contribution in [2.24, 2.45) is 0 Å². The largest absolute Gasteiger partial charge is 0.455 e. The van der Waals surface area contributed by atoms with Gasteiger partial charge in [-0.15, -0.1) is 0 Å². The Labute approximate surface area is 193 Å². The van der Waals surface area contributed by atoms with E-state index in [1.165, 1.54) is 75.9 Å². The Bertz CT molecular complexity index is 1620.